The van der Waals surface area contributed by atoms with Crippen molar-refractivity contribution in [1.82, 2.24) is 9.88 Å². The van der Waals surface area contributed by atoms with Gasteiger partial charge in [-0.05, 0) is 49.2 Å². The number of amides is 1. The summed E-state index contributed by atoms with van der Waals surface area (Å²) in [5.74, 6) is -0.361. The highest BCUT2D eigenvalue weighted by atomic mass is 35.5. The molecule has 164 valence electrons. The monoisotopic (exact) mass is 461 g/mol. The first-order valence-electron chi connectivity index (χ1n) is 10.7. The Hall–Kier alpha value is -1.70. The van der Waals surface area contributed by atoms with Gasteiger partial charge in [0.25, 0.3) is 0 Å². The molecule has 3 fully saturated rings. The summed E-state index contributed by atoms with van der Waals surface area (Å²) in [4.78, 5) is 20.2. The summed E-state index contributed by atoms with van der Waals surface area (Å²) in [6.45, 7) is 5.27. The highest BCUT2D eigenvalue weighted by Gasteiger charge is 2.58. The zero-order valence-electron chi connectivity index (χ0n) is 17.3. The Morgan fingerprint density at radius 3 is 2.71 bits per heavy atom. The minimum Gasteiger partial charge on any atom is -0.379 e. The van der Waals surface area contributed by atoms with Crippen molar-refractivity contribution in [1.29, 1.82) is 0 Å². The van der Waals surface area contributed by atoms with Crippen LogP contribution in [-0.2, 0) is 14.3 Å². The van der Waals surface area contributed by atoms with E-state index >= 15 is 0 Å². The molecule has 4 heterocycles. The van der Waals surface area contributed by atoms with Gasteiger partial charge in [0.1, 0.15) is 0 Å². The van der Waals surface area contributed by atoms with E-state index in [1.165, 1.54) is 0 Å². The quantitative estimate of drug-likeness (QED) is 0.747. The van der Waals surface area contributed by atoms with Gasteiger partial charge >= 0.3 is 0 Å². The van der Waals surface area contributed by atoms with Gasteiger partial charge in [0, 0.05) is 42.6 Å². The lowest BCUT2D eigenvalue weighted by molar-refractivity contribution is -0.121. The summed E-state index contributed by atoms with van der Waals surface area (Å²) >= 11 is 12.2. The van der Waals surface area contributed by atoms with Crippen molar-refractivity contribution in [3.05, 3.63) is 57.8 Å². The average Bonchev–Trinajstić information content (AvgIpc) is 3.36. The van der Waals surface area contributed by atoms with Gasteiger partial charge < -0.3 is 14.8 Å². The van der Waals surface area contributed by atoms with E-state index in [1.54, 1.807) is 18.2 Å². The number of carbonyl (C=O) groups is 1. The van der Waals surface area contributed by atoms with Gasteiger partial charge in [0.05, 0.1) is 41.4 Å². The number of pyridine rings is 1. The first-order chi connectivity index (χ1) is 15.0. The van der Waals surface area contributed by atoms with Gasteiger partial charge in [-0.25, -0.2) is 0 Å². The van der Waals surface area contributed by atoms with Crippen LogP contribution >= 0.6 is 23.2 Å². The van der Waals surface area contributed by atoms with E-state index in [0.717, 1.165) is 44.0 Å². The van der Waals surface area contributed by atoms with E-state index < -0.39 is 0 Å². The molecular formula is C23H25Cl2N3O3. The second-order valence-corrected chi connectivity index (χ2v) is 9.31. The fourth-order valence-corrected chi connectivity index (χ4v) is 5.58. The summed E-state index contributed by atoms with van der Waals surface area (Å²) < 4.78 is 12.0. The van der Waals surface area contributed by atoms with Crippen molar-refractivity contribution in [2.45, 2.75) is 37.5 Å². The molecule has 2 aromatic rings. The first-order valence-corrected chi connectivity index (χ1v) is 11.4. The second-order valence-electron chi connectivity index (χ2n) is 8.49. The maximum atomic E-state index is 13.4. The number of morpholine rings is 1. The SMILES string of the molecule is Cc1cc([C@H]2[C@H]3O[C@H](C[C@H]3N3CCOCC3)[C@@H]2C(=O)Nc2ccc(Cl)c(Cl)c2)ccn1. The van der Waals surface area contributed by atoms with E-state index in [0.29, 0.717) is 21.8 Å². The number of nitrogens with zero attached hydrogens (tertiary/aromatic N) is 2. The Labute approximate surface area is 191 Å². The van der Waals surface area contributed by atoms with Crippen LogP contribution in [0.4, 0.5) is 5.69 Å². The van der Waals surface area contributed by atoms with Crippen LogP contribution < -0.4 is 5.32 Å². The van der Waals surface area contributed by atoms with E-state index in [1.807, 2.05) is 19.2 Å². The maximum absolute atomic E-state index is 13.4. The Balaban J connectivity index is 1.43. The fraction of sp³-hybridized carbons (Fsp3) is 0.478. The van der Waals surface area contributed by atoms with Crippen LogP contribution in [0.25, 0.3) is 0 Å². The molecule has 1 aromatic carbocycles. The van der Waals surface area contributed by atoms with Gasteiger partial charge in [-0.1, -0.05) is 23.2 Å². The normalized spacial score (nSPS) is 30.5. The molecule has 6 nitrogen and oxygen atoms in total. The molecule has 3 aliphatic heterocycles. The van der Waals surface area contributed by atoms with Gasteiger partial charge in [0.2, 0.25) is 5.91 Å². The van der Waals surface area contributed by atoms with Crippen LogP contribution in [0.5, 0.6) is 0 Å². The number of aromatic nitrogens is 1. The van der Waals surface area contributed by atoms with Crippen molar-refractivity contribution in [2.24, 2.45) is 5.92 Å². The van der Waals surface area contributed by atoms with Crippen LogP contribution in [0.15, 0.2) is 36.5 Å². The number of rotatable bonds is 4. The number of nitrogens with one attached hydrogen (secondary N) is 1. The van der Waals surface area contributed by atoms with E-state index in [-0.39, 0.29) is 30.0 Å². The molecule has 31 heavy (non-hydrogen) atoms. The summed E-state index contributed by atoms with van der Waals surface area (Å²) in [6, 6.07) is 9.51. The molecule has 0 saturated carbocycles. The number of anilines is 1. The predicted molar refractivity (Wildman–Crippen MR) is 120 cm³/mol. The number of benzene rings is 1. The second kappa shape index (κ2) is 8.68. The number of hydrogen-bond acceptors (Lipinski definition) is 5. The minimum absolute atomic E-state index is 0.0314. The minimum atomic E-state index is -0.279. The van der Waals surface area contributed by atoms with Crippen LogP contribution in [0.2, 0.25) is 10.0 Å². The first kappa shape index (κ1) is 21.2. The maximum Gasteiger partial charge on any atom is 0.230 e. The number of halogens is 2. The number of hydrogen-bond donors (Lipinski definition) is 1. The average molecular weight is 462 g/mol. The van der Waals surface area contributed by atoms with Crippen LogP contribution in [0, 0.1) is 12.8 Å². The Morgan fingerprint density at radius 2 is 1.97 bits per heavy atom. The van der Waals surface area contributed by atoms with Gasteiger partial charge in [0.15, 0.2) is 0 Å². The molecule has 3 aliphatic rings. The molecule has 0 radical (unpaired) electrons. The van der Waals surface area contributed by atoms with Crippen molar-refractivity contribution in [3.63, 3.8) is 0 Å². The molecule has 2 bridgehead atoms. The zero-order chi connectivity index (χ0) is 21.5. The van der Waals surface area contributed by atoms with Crippen molar-refractivity contribution in [3.8, 4) is 0 Å². The lowest BCUT2D eigenvalue weighted by Crippen LogP contribution is -2.52. The van der Waals surface area contributed by atoms with Crippen molar-refractivity contribution in [2.75, 3.05) is 31.6 Å². The third kappa shape index (κ3) is 4.08. The predicted octanol–water partition coefficient (Wildman–Crippen LogP) is 3.91. The molecule has 5 atom stereocenters. The number of fused-ring (bicyclic) bond motifs is 2. The summed E-state index contributed by atoms with van der Waals surface area (Å²) in [5.41, 5.74) is 2.68. The molecule has 1 amide bonds. The zero-order valence-corrected chi connectivity index (χ0v) is 18.8. The summed E-state index contributed by atoms with van der Waals surface area (Å²) in [6.07, 6.45) is 2.51. The molecule has 0 aliphatic carbocycles. The lowest BCUT2D eigenvalue weighted by atomic mass is 9.72. The van der Waals surface area contributed by atoms with Gasteiger partial charge in [-0.3, -0.25) is 14.7 Å². The summed E-state index contributed by atoms with van der Waals surface area (Å²) in [5, 5.41) is 3.91. The molecule has 0 spiro atoms. The fourth-order valence-electron chi connectivity index (χ4n) is 5.28. The largest absolute Gasteiger partial charge is 0.379 e. The highest BCUT2D eigenvalue weighted by molar-refractivity contribution is 6.42. The van der Waals surface area contributed by atoms with Gasteiger partial charge in [-0.15, -0.1) is 0 Å². The Kier molecular flexibility index (Phi) is 5.92. The van der Waals surface area contributed by atoms with Crippen LogP contribution in [0.1, 0.15) is 23.6 Å². The highest BCUT2D eigenvalue weighted by Crippen LogP contribution is 2.51. The lowest BCUT2D eigenvalue weighted by Gasteiger charge is -2.40. The van der Waals surface area contributed by atoms with E-state index in [9.17, 15) is 4.79 Å². The molecule has 3 saturated heterocycles. The molecule has 1 N–H and O–H groups in total. The van der Waals surface area contributed by atoms with Crippen molar-refractivity contribution < 1.29 is 14.3 Å². The van der Waals surface area contributed by atoms with Crippen LogP contribution in [0.3, 0.4) is 0 Å². The standard InChI is InChI=1S/C23H25Cl2N3O3/c1-13-10-14(4-5-26-13)20-21(23(29)27-15-2-3-16(24)17(25)11-15)19-12-18(22(20)31-19)28-6-8-30-9-7-28/h2-5,10-11,18-22H,6-9,12H2,1H3,(H,27,29)/t18-,19-,20-,21+,22+/m1/s1. The third-order valence-corrected chi connectivity index (χ3v) is 7.38. The topological polar surface area (TPSA) is 63.7 Å². The Bertz CT molecular complexity index is 982. The van der Waals surface area contributed by atoms with E-state index in [2.05, 4.69) is 21.3 Å². The smallest absolute Gasteiger partial charge is 0.230 e. The number of aryl methyl sites for hydroxylation is 1. The number of carbonyl (C=O) groups excluding carboxylic acids is 1. The Morgan fingerprint density at radius 1 is 1.16 bits per heavy atom. The molecular weight excluding hydrogens is 437 g/mol. The van der Waals surface area contributed by atoms with Gasteiger partial charge in [-0.2, -0.15) is 0 Å². The molecule has 1 aromatic heterocycles. The molecule has 0 unspecified atom stereocenters. The number of ether oxygens (including phenoxy) is 2. The third-order valence-electron chi connectivity index (χ3n) is 6.64. The molecule has 5 rings (SSSR count). The van der Waals surface area contributed by atoms with E-state index in [4.69, 9.17) is 32.7 Å². The summed E-state index contributed by atoms with van der Waals surface area (Å²) in [7, 11) is 0. The molecule has 8 heteroatoms. The van der Waals surface area contributed by atoms with Crippen LogP contribution in [-0.4, -0.2) is 60.3 Å². The van der Waals surface area contributed by atoms with Crippen molar-refractivity contribution >= 4 is 34.8 Å².